The van der Waals surface area contributed by atoms with Gasteiger partial charge in [-0.2, -0.15) is 52.7 Å². The zero-order valence-corrected chi connectivity index (χ0v) is 42.5. The summed E-state index contributed by atoms with van der Waals surface area (Å²) in [5, 5.41) is 34.4. The topological polar surface area (TPSA) is 212 Å². The molecule has 0 aromatic carbocycles. The molecule has 446 valence electrons. The molecule has 0 bridgehead atoms. The normalized spacial score (nSPS) is 19.2. The van der Waals surface area contributed by atoms with Crippen molar-refractivity contribution in [3.63, 3.8) is 0 Å². The van der Waals surface area contributed by atoms with Crippen molar-refractivity contribution in [1.82, 2.24) is 10.6 Å². The fourth-order valence-electron chi connectivity index (χ4n) is 3.80. The standard InChI is InChI=1S/C24H42F4N2O9Si2.4C3H5F3O.CF4/c1-5-21(32)35-13-9-30-22(33)36-15-14-34-11-8-17-41(4)38-12-6-7-16-40(3,39-41)18-10-29-20(31)19-37-24(27,28)23(2,25)26;4*1-2(4)3(5,6)7;2-1(3,4)5/h5H,1,6-19H2,2-4H3,(H,29,31)(H,30,33);4*2,7H,1H3;. The van der Waals surface area contributed by atoms with Crippen molar-refractivity contribution in [2.24, 2.45) is 0 Å². The largest absolute Gasteiger partial charge is 0.559 e. The van der Waals surface area contributed by atoms with E-state index in [1.165, 1.54) is 0 Å². The summed E-state index contributed by atoms with van der Waals surface area (Å²) in [6, 6.07) is 1.98. The number of halogens is 20. The third kappa shape index (κ3) is 50.8. The van der Waals surface area contributed by atoms with E-state index in [1.54, 1.807) is 0 Å². The van der Waals surface area contributed by atoms with Crippen molar-refractivity contribution in [2.75, 3.05) is 52.7 Å². The number of alkyl halides is 20. The van der Waals surface area contributed by atoms with E-state index in [1.807, 2.05) is 13.1 Å². The van der Waals surface area contributed by atoms with E-state index in [4.69, 9.17) is 43.2 Å². The predicted molar refractivity (Wildman–Crippen MR) is 223 cm³/mol. The van der Waals surface area contributed by atoms with Crippen LogP contribution in [0.5, 0.6) is 0 Å². The summed E-state index contributed by atoms with van der Waals surface area (Å²) in [4.78, 5) is 34.4. The summed E-state index contributed by atoms with van der Waals surface area (Å²) in [6.45, 7) is 9.88. The number of aliphatic hydroxyl groups is 4. The summed E-state index contributed by atoms with van der Waals surface area (Å²) in [7, 11) is -4.94. The molecule has 6 unspecified atom stereocenters. The molecule has 1 heterocycles. The lowest BCUT2D eigenvalue weighted by Crippen LogP contribution is -2.52. The molecule has 6 atom stereocenters. The van der Waals surface area contributed by atoms with Gasteiger partial charge in [0.1, 0.15) is 19.8 Å². The molecule has 1 saturated heterocycles. The summed E-state index contributed by atoms with van der Waals surface area (Å²) < 4.78 is 256. The van der Waals surface area contributed by atoms with Crippen LogP contribution in [-0.4, -0.2) is 176 Å². The minimum atomic E-state index is -5.50. The number of alkyl carbamates (subject to hydrolysis) is 1. The van der Waals surface area contributed by atoms with Gasteiger partial charge >= 0.3 is 63.5 Å². The number of hydrogen-bond donors (Lipinski definition) is 6. The zero-order chi connectivity index (χ0) is 59.8. The quantitative estimate of drug-likeness (QED) is 0.0197. The van der Waals surface area contributed by atoms with Crippen LogP contribution < -0.4 is 10.6 Å². The van der Waals surface area contributed by atoms with E-state index in [9.17, 15) is 102 Å². The molecule has 1 aliphatic rings. The Labute approximate surface area is 413 Å². The van der Waals surface area contributed by atoms with Crippen LogP contribution in [0.1, 0.15) is 53.9 Å². The second kappa shape index (κ2) is 36.7. The zero-order valence-electron chi connectivity index (χ0n) is 40.5. The summed E-state index contributed by atoms with van der Waals surface area (Å²) in [5.74, 6) is -5.91. The highest BCUT2D eigenvalue weighted by Crippen LogP contribution is 2.34. The summed E-state index contributed by atoms with van der Waals surface area (Å²) in [6.07, 6.45) is -34.1. The number of nitrogens with one attached hydrogen (secondary N) is 2. The molecule has 0 aromatic heterocycles. The molecule has 6 N–H and O–H groups in total. The molecule has 1 rings (SSSR count). The third-order valence-electron chi connectivity index (χ3n) is 7.92. The molecule has 74 heavy (non-hydrogen) atoms. The molecule has 0 aromatic rings. The van der Waals surface area contributed by atoms with E-state index >= 15 is 0 Å². The number of carbonyl (C=O) groups excluding carboxylic acids is 3. The Morgan fingerprint density at radius 3 is 1.45 bits per heavy atom. The minimum absolute atomic E-state index is 0.000948. The first kappa shape index (κ1) is 79.5. The van der Waals surface area contributed by atoms with Gasteiger partial charge in [0.15, 0.2) is 33.0 Å². The Morgan fingerprint density at radius 1 is 0.649 bits per heavy atom. The molecule has 15 nitrogen and oxygen atoms in total. The number of amides is 2. The van der Waals surface area contributed by atoms with Crippen molar-refractivity contribution in [2.45, 2.75) is 153 Å². The van der Waals surface area contributed by atoms with Gasteiger partial charge in [0.25, 0.3) is 0 Å². The van der Waals surface area contributed by atoms with Crippen LogP contribution in [0.15, 0.2) is 12.7 Å². The van der Waals surface area contributed by atoms with Gasteiger partial charge in [0, 0.05) is 32.8 Å². The molecule has 0 radical (unpaired) electrons. The first-order chi connectivity index (χ1) is 32.9. The first-order valence-corrected chi connectivity index (χ1v) is 26.2. The lowest BCUT2D eigenvalue weighted by molar-refractivity contribution is -0.337. The first-order valence-electron chi connectivity index (χ1n) is 20.9. The van der Waals surface area contributed by atoms with E-state index in [-0.39, 0.29) is 39.8 Å². The maximum absolute atomic E-state index is 13.2. The number of rotatable bonds is 22. The van der Waals surface area contributed by atoms with Gasteiger partial charge in [-0.25, -0.2) is 27.2 Å². The Bertz CT molecular complexity index is 1440. The summed E-state index contributed by atoms with van der Waals surface area (Å²) >= 11 is 0. The lowest BCUT2D eigenvalue weighted by atomic mass is 10.3. The van der Waals surface area contributed by atoms with Gasteiger partial charge in [-0.15, -0.1) is 17.6 Å². The predicted octanol–water partition coefficient (Wildman–Crippen LogP) is 8.90. The molecule has 0 saturated carbocycles. The smallest absolute Gasteiger partial charge is 0.461 e. The monoisotopic (exact) mass is 1180 g/mol. The van der Waals surface area contributed by atoms with Crippen LogP contribution in [-0.2, 0) is 37.1 Å². The van der Waals surface area contributed by atoms with Crippen molar-refractivity contribution >= 4 is 34.8 Å². The second-order valence-electron chi connectivity index (χ2n) is 15.2. The van der Waals surface area contributed by atoms with Gasteiger partial charge in [-0.05, 0) is 71.8 Å². The van der Waals surface area contributed by atoms with Crippen molar-refractivity contribution < 1.29 is 150 Å². The highest BCUT2D eigenvalue weighted by Gasteiger charge is 2.54. The van der Waals surface area contributed by atoms with Crippen LogP contribution in [0.4, 0.5) is 92.6 Å². The van der Waals surface area contributed by atoms with Crippen LogP contribution in [0, 0.1) is 0 Å². The van der Waals surface area contributed by atoms with Crippen LogP contribution in [0.2, 0.25) is 31.2 Å². The second-order valence-corrected chi connectivity index (χ2v) is 23.0. The van der Waals surface area contributed by atoms with E-state index in [0.29, 0.717) is 59.4 Å². The fraction of sp³-hybridized carbons (Fsp3) is 0.865. The van der Waals surface area contributed by atoms with E-state index in [2.05, 4.69) is 21.9 Å². The Morgan fingerprint density at radius 2 is 1.07 bits per heavy atom. The van der Waals surface area contributed by atoms with Crippen LogP contribution >= 0.6 is 0 Å². The Kier molecular flexibility index (Phi) is 39.4. The molecule has 0 aliphatic carbocycles. The highest BCUT2D eigenvalue weighted by molar-refractivity contribution is 6.83. The van der Waals surface area contributed by atoms with Crippen LogP contribution in [0.3, 0.4) is 0 Å². The molecule has 0 spiro atoms. The maximum atomic E-state index is 13.2. The minimum Gasteiger partial charge on any atom is -0.461 e. The van der Waals surface area contributed by atoms with Gasteiger partial charge in [0.2, 0.25) is 5.91 Å². The van der Waals surface area contributed by atoms with E-state index < -0.39 is 109 Å². The molecule has 2 amide bonds. The highest BCUT2D eigenvalue weighted by atomic mass is 28.4. The number of hydrogen-bond acceptors (Lipinski definition) is 13. The summed E-state index contributed by atoms with van der Waals surface area (Å²) in [5.41, 5.74) is 0. The average molecular weight is 1180 g/mol. The number of esters is 1. The van der Waals surface area contributed by atoms with Crippen LogP contribution in [0.25, 0.3) is 0 Å². The molecule has 1 aliphatic heterocycles. The van der Waals surface area contributed by atoms with Crippen molar-refractivity contribution in [3.8, 4) is 0 Å². The molecular weight excluding hydrogens is 1120 g/mol. The van der Waals surface area contributed by atoms with Crippen molar-refractivity contribution in [3.05, 3.63) is 12.7 Å². The van der Waals surface area contributed by atoms with Gasteiger partial charge in [0.05, 0.1) is 13.2 Å². The lowest BCUT2D eigenvalue weighted by Gasteiger charge is -2.40. The molecular formula is C37H62F20N2O13Si2. The number of carbonyl (C=O) groups is 3. The SMILES string of the molecule is C=CC(=O)OCCNC(=O)OCCOCCC[Si]1(C)OCCCC[Si](C)(CCNC(=O)COC(F)(F)C(C)(F)F)O1.CC(F)C(O)(F)F.CC(F)C(O)(F)F.CC(F)C(O)(F)F.CC(F)C(O)(F)F.FC(F)(F)F. The maximum Gasteiger partial charge on any atom is 0.559 e. The Hall–Kier alpha value is -3.34. The Balaban J connectivity index is -0.000000381. The number of ether oxygens (including phenoxy) is 4. The average Bonchev–Trinajstić information content (AvgIpc) is 3.19. The van der Waals surface area contributed by atoms with Gasteiger partial charge in [-0.3, -0.25) is 4.79 Å². The van der Waals surface area contributed by atoms with E-state index in [0.717, 1.165) is 25.0 Å². The molecule has 37 heteroatoms. The van der Waals surface area contributed by atoms with Crippen molar-refractivity contribution in [1.29, 1.82) is 0 Å². The molecule has 1 fully saturated rings. The fourth-order valence-corrected chi connectivity index (χ4v) is 12.8. The van der Waals surface area contributed by atoms with Gasteiger partial charge in [-0.1, -0.05) is 13.0 Å². The van der Waals surface area contributed by atoms with Gasteiger partial charge < -0.3 is 58.5 Å². The third-order valence-corrected chi connectivity index (χ3v) is 16.4.